The number of alkyl halides is 3. The molecule has 1 amide bonds. The van der Waals surface area contributed by atoms with Gasteiger partial charge in [0.1, 0.15) is 28.2 Å². The number of nitrogens with one attached hydrogen (secondary N) is 1. The molecule has 1 atom stereocenters. The third-order valence-electron chi connectivity index (χ3n) is 10.3. The van der Waals surface area contributed by atoms with E-state index in [0.717, 1.165) is 87.2 Å². The van der Waals surface area contributed by atoms with Crippen LogP contribution in [0.2, 0.25) is 0 Å². The first-order chi connectivity index (χ1) is 22.9. The maximum Gasteiger partial charge on any atom is 0.393 e. The average molecular weight is 680 g/mol. The van der Waals surface area contributed by atoms with Crippen LogP contribution in [-0.2, 0) is 30.7 Å². The number of nitrogens with zero attached hydrogens (tertiary/aromatic N) is 6. The molecule has 0 aliphatic carbocycles. The number of halogens is 3. The van der Waals surface area contributed by atoms with Crippen molar-refractivity contribution >= 4 is 44.2 Å². The predicted octanol–water partition coefficient (Wildman–Crippen LogP) is 7.46. The number of aryl methyl sites for hydroxylation is 2. The van der Waals surface area contributed by atoms with Crippen LogP contribution in [0.15, 0.2) is 24.3 Å². The maximum absolute atomic E-state index is 13.1. The first-order valence-electron chi connectivity index (χ1n) is 17.0. The second kappa shape index (κ2) is 14.0. The highest BCUT2D eigenvalue weighted by atomic mass is 32.1. The van der Waals surface area contributed by atoms with Crippen molar-refractivity contribution in [3.05, 3.63) is 51.8 Å². The van der Waals surface area contributed by atoms with E-state index < -0.39 is 12.6 Å². The number of rotatable bonds is 9. The minimum absolute atomic E-state index is 0.146. The number of piperidine rings is 2. The van der Waals surface area contributed by atoms with E-state index in [4.69, 9.17) is 0 Å². The molecule has 0 bridgehead atoms. The highest BCUT2D eigenvalue weighted by molar-refractivity contribution is 7.18. The van der Waals surface area contributed by atoms with Crippen LogP contribution >= 0.6 is 11.3 Å². The highest BCUT2D eigenvalue weighted by Gasteiger charge is 2.30. The summed E-state index contributed by atoms with van der Waals surface area (Å²) >= 11 is 1.10. The number of thiophene rings is 1. The van der Waals surface area contributed by atoms with Gasteiger partial charge in [0.2, 0.25) is 5.91 Å². The van der Waals surface area contributed by atoms with Crippen molar-refractivity contribution in [3.63, 3.8) is 0 Å². The summed E-state index contributed by atoms with van der Waals surface area (Å²) in [6.45, 7) is 13.0. The minimum atomic E-state index is -4.26. The fraction of sp³-hybridized carbons (Fsp3) is 0.556. The molecular weight excluding hydrogens is 636 g/mol. The van der Waals surface area contributed by atoms with E-state index in [1.165, 1.54) is 11.1 Å². The SMILES string of the molecule is CCc1nc(NC2CCN(Cc3ccc4c(cc(C#N)n4C[C@H](C)C4CCN(C(C)=O)CC4)c3C)CC2)c2cc(CC(F)(F)F)sc2n1. The lowest BCUT2D eigenvalue weighted by Crippen LogP contribution is -2.39. The molecule has 2 fully saturated rings. The number of hydrogen-bond donors (Lipinski definition) is 1. The molecule has 2 aliphatic heterocycles. The van der Waals surface area contributed by atoms with Gasteiger partial charge in [-0.25, -0.2) is 9.97 Å². The third-order valence-corrected chi connectivity index (χ3v) is 11.4. The molecule has 12 heteroatoms. The second-order valence-electron chi connectivity index (χ2n) is 13.6. The predicted molar refractivity (Wildman–Crippen MR) is 184 cm³/mol. The summed E-state index contributed by atoms with van der Waals surface area (Å²) < 4.78 is 41.4. The molecular formula is C36H44F3N7OS. The molecule has 3 aromatic heterocycles. The number of amides is 1. The quantitative estimate of drug-likeness (QED) is 0.198. The molecule has 256 valence electrons. The third kappa shape index (κ3) is 7.47. The fourth-order valence-corrected chi connectivity index (χ4v) is 8.52. The van der Waals surface area contributed by atoms with Crippen LogP contribution in [0.5, 0.6) is 0 Å². The summed E-state index contributed by atoms with van der Waals surface area (Å²) in [4.78, 5) is 26.2. The van der Waals surface area contributed by atoms with Crippen LogP contribution in [0, 0.1) is 30.1 Å². The molecule has 5 heterocycles. The Labute approximate surface area is 283 Å². The first-order valence-corrected chi connectivity index (χ1v) is 17.9. The first kappa shape index (κ1) is 34.2. The zero-order chi connectivity index (χ0) is 34.2. The van der Waals surface area contributed by atoms with Gasteiger partial charge in [-0.3, -0.25) is 9.69 Å². The van der Waals surface area contributed by atoms with E-state index in [1.54, 1.807) is 13.0 Å². The molecule has 2 aliphatic rings. The summed E-state index contributed by atoms with van der Waals surface area (Å²) in [7, 11) is 0. The Balaban J connectivity index is 1.10. The number of likely N-dealkylation sites (tertiary alicyclic amines) is 2. The van der Waals surface area contributed by atoms with Crippen LogP contribution in [0.25, 0.3) is 21.1 Å². The Kier molecular flexibility index (Phi) is 10.00. The van der Waals surface area contributed by atoms with Crippen LogP contribution < -0.4 is 5.32 Å². The molecule has 0 unspecified atom stereocenters. The number of aromatic nitrogens is 3. The van der Waals surface area contributed by atoms with Crippen molar-refractivity contribution in [1.82, 2.24) is 24.3 Å². The van der Waals surface area contributed by atoms with E-state index in [9.17, 15) is 23.2 Å². The van der Waals surface area contributed by atoms with Crippen LogP contribution in [0.4, 0.5) is 19.0 Å². The lowest BCUT2D eigenvalue weighted by Gasteiger charge is -2.34. The van der Waals surface area contributed by atoms with Gasteiger partial charge in [-0.15, -0.1) is 11.3 Å². The Morgan fingerprint density at radius 2 is 1.83 bits per heavy atom. The number of carbonyl (C=O) groups is 1. The van der Waals surface area contributed by atoms with Crippen molar-refractivity contribution < 1.29 is 18.0 Å². The van der Waals surface area contributed by atoms with Gasteiger partial charge in [0, 0.05) is 74.4 Å². The fourth-order valence-electron chi connectivity index (χ4n) is 7.44. The van der Waals surface area contributed by atoms with Gasteiger partial charge in [0.15, 0.2) is 0 Å². The van der Waals surface area contributed by atoms with Gasteiger partial charge in [-0.2, -0.15) is 18.4 Å². The molecule has 2 saturated heterocycles. The summed E-state index contributed by atoms with van der Waals surface area (Å²) in [5.41, 5.74) is 4.23. The lowest BCUT2D eigenvalue weighted by molar-refractivity contribution is -0.130. The van der Waals surface area contributed by atoms with Crippen molar-refractivity contribution in [3.8, 4) is 6.07 Å². The van der Waals surface area contributed by atoms with Gasteiger partial charge in [-0.1, -0.05) is 19.9 Å². The molecule has 0 spiro atoms. The number of anilines is 1. The summed E-state index contributed by atoms with van der Waals surface area (Å²) in [5.74, 6) is 2.33. The normalized spacial score (nSPS) is 17.7. The van der Waals surface area contributed by atoms with E-state index in [1.807, 2.05) is 17.9 Å². The topological polar surface area (TPSA) is 90.1 Å². The van der Waals surface area contributed by atoms with Gasteiger partial charge < -0.3 is 14.8 Å². The second-order valence-corrected chi connectivity index (χ2v) is 14.7. The molecule has 1 N–H and O–H groups in total. The van der Waals surface area contributed by atoms with Crippen molar-refractivity contribution in [2.75, 3.05) is 31.5 Å². The highest BCUT2D eigenvalue weighted by Crippen LogP contribution is 2.35. The van der Waals surface area contributed by atoms with Gasteiger partial charge in [0.25, 0.3) is 0 Å². The van der Waals surface area contributed by atoms with E-state index in [0.29, 0.717) is 45.8 Å². The Morgan fingerprint density at radius 3 is 2.48 bits per heavy atom. The molecule has 6 rings (SSSR count). The number of nitriles is 1. The standard InChI is InChI=1S/C36H44F3N7OS/c1-5-33-42-34(31-17-29(18-36(37,38)39)48-35(31)43-33)41-27-10-12-44(13-11-27)21-26-6-7-32-30(23(26)3)16-28(19-40)46(32)20-22(2)25-8-14-45(15-9-25)24(4)47/h6-7,16-17,22,25,27H,5,8-15,18,20-21H2,1-4H3,(H,41,42,43)/t22-/m0/s1. The van der Waals surface area contributed by atoms with E-state index >= 15 is 0 Å². The van der Waals surface area contributed by atoms with Gasteiger partial charge >= 0.3 is 6.18 Å². The number of benzene rings is 1. The number of carbonyl (C=O) groups excluding carboxylic acids is 1. The summed E-state index contributed by atoms with van der Waals surface area (Å²) in [6.07, 6.45) is -0.823. The lowest BCUT2D eigenvalue weighted by atomic mass is 9.85. The van der Waals surface area contributed by atoms with Crippen LogP contribution in [-0.4, -0.2) is 68.6 Å². The average Bonchev–Trinajstić information content (AvgIpc) is 3.63. The Hall–Kier alpha value is -3.69. The molecule has 1 aromatic carbocycles. The molecule has 4 aromatic rings. The van der Waals surface area contributed by atoms with Gasteiger partial charge in [0.05, 0.1) is 11.8 Å². The van der Waals surface area contributed by atoms with Crippen molar-refractivity contribution in [2.24, 2.45) is 11.8 Å². The minimum Gasteiger partial charge on any atom is -0.367 e. The van der Waals surface area contributed by atoms with Crippen molar-refractivity contribution in [1.29, 1.82) is 5.26 Å². The van der Waals surface area contributed by atoms with Crippen LogP contribution in [0.3, 0.4) is 0 Å². The zero-order valence-electron chi connectivity index (χ0n) is 28.2. The Bertz CT molecular complexity index is 1830. The summed E-state index contributed by atoms with van der Waals surface area (Å²) in [6, 6.07) is 10.6. The largest absolute Gasteiger partial charge is 0.393 e. The van der Waals surface area contributed by atoms with E-state index in [-0.39, 0.29) is 16.8 Å². The molecule has 0 radical (unpaired) electrons. The number of fused-ring (bicyclic) bond motifs is 2. The molecule has 8 nitrogen and oxygen atoms in total. The zero-order valence-corrected chi connectivity index (χ0v) is 29.0. The Morgan fingerprint density at radius 1 is 1.10 bits per heavy atom. The summed E-state index contributed by atoms with van der Waals surface area (Å²) in [5, 5.41) is 15.4. The van der Waals surface area contributed by atoms with Gasteiger partial charge in [-0.05, 0) is 73.8 Å². The smallest absolute Gasteiger partial charge is 0.367 e. The van der Waals surface area contributed by atoms with E-state index in [2.05, 4.69) is 56.8 Å². The monoisotopic (exact) mass is 679 g/mol. The van der Waals surface area contributed by atoms with Crippen molar-refractivity contribution in [2.45, 2.75) is 91.5 Å². The van der Waals surface area contributed by atoms with Crippen LogP contribution in [0.1, 0.15) is 74.0 Å². The molecule has 0 saturated carbocycles. The maximum atomic E-state index is 13.1. The number of hydrogen-bond acceptors (Lipinski definition) is 7. The molecule has 48 heavy (non-hydrogen) atoms.